The predicted molar refractivity (Wildman–Crippen MR) is 62.1 cm³/mol. The highest BCUT2D eigenvalue weighted by Crippen LogP contribution is 2.18. The maximum Gasteiger partial charge on any atom is 0.310 e. The van der Waals surface area contributed by atoms with Gasteiger partial charge in [-0.3, -0.25) is 4.79 Å². The van der Waals surface area contributed by atoms with Crippen LogP contribution in [0.1, 0.15) is 18.9 Å². The normalized spacial score (nSPS) is 11.4. The minimum absolute atomic E-state index is 0.0183. The summed E-state index contributed by atoms with van der Waals surface area (Å²) in [7, 11) is 1.38. The van der Waals surface area contributed by atoms with Gasteiger partial charge < -0.3 is 9.47 Å². The fourth-order valence-corrected chi connectivity index (χ4v) is 1.32. The van der Waals surface area contributed by atoms with E-state index in [1.807, 2.05) is 6.07 Å². The summed E-state index contributed by atoms with van der Waals surface area (Å²) in [5.41, 5.74) is 0.533. The molecule has 0 heterocycles. The molecule has 1 rings (SSSR count). The molecule has 0 aliphatic carbocycles. The molecule has 4 nitrogen and oxygen atoms in total. The van der Waals surface area contributed by atoms with Crippen LogP contribution in [-0.4, -0.2) is 13.1 Å². The lowest BCUT2D eigenvalue weighted by Crippen LogP contribution is -2.14. The van der Waals surface area contributed by atoms with Crippen molar-refractivity contribution in [2.75, 3.05) is 7.11 Å². The number of nitriles is 1. The highest BCUT2D eigenvalue weighted by molar-refractivity contribution is 5.72. The van der Waals surface area contributed by atoms with Crippen molar-refractivity contribution in [3.8, 4) is 11.8 Å². The van der Waals surface area contributed by atoms with Gasteiger partial charge in [0, 0.05) is 6.42 Å². The van der Waals surface area contributed by atoms with Crippen LogP contribution < -0.4 is 4.74 Å². The molecule has 0 amide bonds. The third-order valence-corrected chi connectivity index (χ3v) is 2.40. The number of benzene rings is 1. The highest BCUT2D eigenvalue weighted by atomic mass is 19.1. The number of carbonyl (C=O) groups is 1. The first kappa shape index (κ1) is 14.0. The Bertz CT molecular complexity index is 468. The molecule has 0 saturated carbocycles. The van der Waals surface area contributed by atoms with Crippen molar-refractivity contribution in [2.24, 2.45) is 5.92 Å². The number of ether oxygens (including phenoxy) is 2. The van der Waals surface area contributed by atoms with Crippen LogP contribution in [0.15, 0.2) is 18.2 Å². The number of halogens is 1. The minimum atomic E-state index is -0.504. The van der Waals surface area contributed by atoms with E-state index in [-0.39, 0.29) is 18.8 Å². The van der Waals surface area contributed by atoms with Gasteiger partial charge in [-0.2, -0.15) is 5.26 Å². The summed E-state index contributed by atoms with van der Waals surface area (Å²) < 4.78 is 23.1. The van der Waals surface area contributed by atoms with E-state index in [1.54, 1.807) is 13.0 Å². The second-order valence-corrected chi connectivity index (χ2v) is 3.84. The Hall–Kier alpha value is -2.09. The number of carbonyl (C=O) groups excluding carboxylic acids is 1. The highest BCUT2D eigenvalue weighted by Gasteiger charge is 2.14. The smallest absolute Gasteiger partial charge is 0.310 e. The van der Waals surface area contributed by atoms with E-state index in [0.29, 0.717) is 5.56 Å². The van der Waals surface area contributed by atoms with Crippen LogP contribution in [0.25, 0.3) is 0 Å². The van der Waals surface area contributed by atoms with Gasteiger partial charge in [0.1, 0.15) is 6.61 Å². The molecule has 0 spiro atoms. The predicted octanol–water partition coefficient (Wildman–Crippen LogP) is 2.43. The first-order valence-corrected chi connectivity index (χ1v) is 5.44. The molecule has 96 valence electrons. The number of rotatable bonds is 5. The molecule has 0 N–H and O–H groups in total. The van der Waals surface area contributed by atoms with E-state index in [9.17, 15) is 9.18 Å². The molecule has 1 aromatic carbocycles. The molecule has 1 atom stereocenters. The number of nitrogens with zero attached hydrogens (tertiary/aromatic N) is 1. The molecule has 1 aromatic rings. The number of methoxy groups -OCH3 is 1. The fraction of sp³-hybridized carbons (Fsp3) is 0.385. The summed E-state index contributed by atoms with van der Waals surface area (Å²) in [6.45, 7) is 1.59. The van der Waals surface area contributed by atoms with E-state index >= 15 is 0 Å². The monoisotopic (exact) mass is 251 g/mol. The maximum absolute atomic E-state index is 13.3. The van der Waals surface area contributed by atoms with E-state index < -0.39 is 17.7 Å². The zero-order valence-electron chi connectivity index (χ0n) is 10.3. The topological polar surface area (TPSA) is 59.3 Å². The molecule has 0 aromatic heterocycles. The molecule has 0 saturated heterocycles. The van der Waals surface area contributed by atoms with Gasteiger partial charge in [0.05, 0.1) is 19.1 Å². The Balaban J connectivity index is 2.56. The largest absolute Gasteiger partial charge is 0.494 e. The van der Waals surface area contributed by atoms with Gasteiger partial charge in [-0.1, -0.05) is 13.0 Å². The molecular formula is C13H14FNO3. The zero-order chi connectivity index (χ0) is 13.5. The lowest BCUT2D eigenvalue weighted by Gasteiger charge is -2.09. The van der Waals surface area contributed by atoms with Crippen molar-refractivity contribution < 1.29 is 18.7 Å². The zero-order valence-corrected chi connectivity index (χ0v) is 10.3. The first-order chi connectivity index (χ1) is 8.58. The van der Waals surface area contributed by atoms with Crippen LogP contribution >= 0.6 is 0 Å². The van der Waals surface area contributed by atoms with E-state index in [1.165, 1.54) is 19.2 Å². The van der Waals surface area contributed by atoms with Crippen molar-refractivity contribution in [1.82, 2.24) is 0 Å². The number of hydrogen-bond acceptors (Lipinski definition) is 4. The van der Waals surface area contributed by atoms with Crippen LogP contribution in [0.2, 0.25) is 0 Å². The Morgan fingerprint density at radius 3 is 2.83 bits per heavy atom. The number of esters is 1. The van der Waals surface area contributed by atoms with Gasteiger partial charge in [-0.05, 0) is 17.7 Å². The van der Waals surface area contributed by atoms with Crippen molar-refractivity contribution >= 4 is 5.97 Å². The van der Waals surface area contributed by atoms with E-state index in [0.717, 1.165) is 0 Å². The third kappa shape index (κ3) is 3.74. The summed E-state index contributed by atoms with van der Waals surface area (Å²) in [6.07, 6.45) is 0.107. The van der Waals surface area contributed by atoms with Gasteiger partial charge in [0.25, 0.3) is 0 Å². The average Bonchev–Trinajstić information content (AvgIpc) is 2.36. The summed E-state index contributed by atoms with van der Waals surface area (Å²) in [4.78, 5) is 11.4. The lowest BCUT2D eigenvalue weighted by atomic mass is 10.1. The first-order valence-electron chi connectivity index (χ1n) is 5.44. The van der Waals surface area contributed by atoms with Crippen molar-refractivity contribution in [3.05, 3.63) is 29.6 Å². The maximum atomic E-state index is 13.3. The molecule has 18 heavy (non-hydrogen) atoms. The SMILES string of the molecule is COc1ccc(COC(=O)C(C)CC#N)cc1F. The van der Waals surface area contributed by atoms with Crippen LogP contribution in [0.5, 0.6) is 5.75 Å². The summed E-state index contributed by atoms with van der Waals surface area (Å²) in [6, 6.07) is 6.23. The Morgan fingerprint density at radius 2 is 2.28 bits per heavy atom. The molecular weight excluding hydrogens is 237 g/mol. The van der Waals surface area contributed by atoms with Crippen molar-refractivity contribution in [1.29, 1.82) is 5.26 Å². The molecule has 0 aliphatic heterocycles. The van der Waals surface area contributed by atoms with E-state index in [2.05, 4.69) is 0 Å². The summed E-state index contributed by atoms with van der Waals surface area (Å²) in [5.74, 6) is -1.30. The van der Waals surface area contributed by atoms with E-state index in [4.69, 9.17) is 14.7 Å². The lowest BCUT2D eigenvalue weighted by molar-refractivity contribution is -0.149. The van der Waals surface area contributed by atoms with Crippen LogP contribution in [-0.2, 0) is 16.1 Å². The van der Waals surface area contributed by atoms with Gasteiger partial charge in [0.15, 0.2) is 11.6 Å². The fourth-order valence-electron chi connectivity index (χ4n) is 1.32. The van der Waals surface area contributed by atoms with Gasteiger partial charge in [0.2, 0.25) is 0 Å². The van der Waals surface area contributed by atoms with Gasteiger partial charge in [-0.15, -0.1) is 0 Å². The minimum Gasteiger partial charge on any atom is -0.494 e. The Kier molecular flexibility index (Phi) is 5.12. The second-order valence-electron chi connectivity index (χ2n) is 3.84. The second kappa shape index (κ2) is 6.60. The van der Waals surface area contributed by atoms with Crippen LogP contribution in [0.4, 0.5) is 4.39 Å². The van der Waals surface area contributed by atoms with Crippen LogP contribution in [0.3, 0.4) is 0 Å². The van der Waals surface area contributed by atoms with Gasteiger partial charge in [-0.25, -0.2) is 4.39 Å². The standard InChI is InChI=1S/C13H14FNO3/c1-9(5-6-15)13(16)18-8-10-3-4-12(17-2)11(14)7-10/h3-4,7,9H,5,8H2,1-2H3. The molecule has 0 radical (unpaired) electrons. The van der Waals surface area contributed by atoms with Crippen LogP contribution in [0, 0.1) is 23.1 Å². The molecule has 1 unspecified atom stereocenters. The van der Waals surface area contributed by atoms with Crippen molar-refractivity contribution in [2.45, 2.75) is 20.0 Å². The Labute approximate surface area is 105 Å². The van der Waals surface area contributed by atoms with Gasteiger partial charge >= 0.3 is 5.97 Å². The molecule has 0 fully saturated rings. The number of hydrogen-bond donors (Lipinski definition) is 0. The molecule has 0 aliphatic rings. The summed E-state index contributed by atoms with van der Waals surface area (Å²) in [5, 5.41) is 8.44. The van der Waals surface area contributed by atoms with Crippen molar-refractivity contribution in [3.63, 3.8) is 0 Å². The average molecular weight is 251 g/mol. The Morgan fingerprint density at radius 1 is 1.56 bits per heavy atom. The third-order valence-electron chi connectivity index (χ3n) is 2.40. The summed E-state index contributed by atoms with van der Waals surface area (Å²) >= 11 is 0. The quantitative estimate of drug-likeness (QED) is 0.754. The molecule has 0 bridgehead atoms. The molecule has 5 heteroatoms.